The van der Waals surface area contributed by atoms with Crippen molar-refractivity contribution in [2.75, 3.05) is 7.05 Å². The van der Waals surface area contributed by atoms with E-state index in [4.69, 9.17) is 5.73 Å². The third-order valence-electron chi connectivity index (χ3n) is 3.48. The van der Waals surface area contributed by atoms with Crippen LogP contribution in [0.15, 0.2) is 52.7 Å². The summed E-state index contributed by atoms with van der Waals surface area (Å²) in [6.07, 6.45) is 5.68. The van der Waals surface area contributed by atoms with Crippen LogP contribution in [0.4, 0.5) is 0 Å². The maximum absolute atomic E-state index is 12.4. The molecule has 1 amide bonds. The monoisotopic (exact) mass is 315 g/mol. The number of carbonyl (C=O) groups is 1. The van der Waals surface area contributed by atoms with Crippen LogP contribution in [-0.2, 0) is 11.3 Å². The van der Waals surface area contributed by atoms with E-state index in [2.05, 4.69) is 20.6 Å². The lowest BCUT2D eigenvalue weighted by atomic mass is 10.1. The molecular formula is C17H25N5O. The molecule has 0 aliphatic rings. The maximum Gasteiger partial charge on any atom is 0.275 e. The molecule has 1 heterocycles. The summed E-state index contributed by atoms with van der Waals surface area (Å²) in [5.74, 6) is 0.414. The summed E-state index contributed by atoms with van der Waals surface area (Å²) < 4.78 is 0. The predicted octanol–water partition coefficient (Wildman–Crippen LogP) is 1.86. The second-order valence-corrected chi connectivity index (χ2v) is 5.09. The molecule has 0 aliphatic heterocycles. The Balaban J connectivity index is 2.86. The highest BCUT2D eigenvalue weighted by atomic mass is 16.2. The van der Waals surface area contributed by atoms with Gasteiger partial charge in [0.25, 0.3) is 5.91 Å². The van der Waals surface area contributed by atoms with Crippen molar-refractivity contribution in [2.24, 2.45) is 10.7 Å². The second kappa shape index (κ2) is 9.40. The minimum atomic E-state index is -0.281. The van der Waals surface area contributed by atoms with E-state index in [0.29, 0.717) is 23.7 Å². The minimum Gasteiger partial charge on any atom is -0.404 e. The van der Waals surface area contributed by atoms with Gasteiger partial charge in [0, 0.05) is 26.0 Å². The van der Waals surface area contributed by atoms with Crippen molar-refractivity contribution in [2.45, 2.75) is 33.7 Å². The van der Waals surface area contributed by atoms with Gasteiger partial charge in [-0.15, -0.1) is 0 Å². The van der Waals surface area contributed by atoms with Crippen LogP contribution >= 0.6 is 0 Å². The Morgan fingerprint density at radius 3 is 2.52 bits per heavy atom. The molecule has 0 aliphatic carbocycles. The Hall–Kier alpha value is -2.63. The van der Waals surface area contributed by atoms with Crippen LogP contribution in [-0.4, -0.2) is 23.7 Å². The first-order chi connectivity index (χ1) is 11.0. The molecule has 0 saturated heterocycles. The molecule has 0 saturated carbocycles. The topological polar surface area (TPSA) is 92.4 Å². The maximum atomic E-state index is 12.4. The molecule has 0 bridgehead atoms. The fourth-order valence-corrected chi connectivity index (χ4v) is 1.88. The zero-order valence-corrected chi connectivity index (χ0v) is 14.2. The lowest BCUT2D eigenvalue weighted by Crippen LogP contribution is -2.37. The molecule has 0 spiro atoms. The Bertz CT molecular complexity index is 617. The van der Waals surface area contributed by atoms with Crippen molar-refractivity contribution in [1.29, 1.82) is 0 Å². The van der Waals surface area contributed by atoms with Gasteiger partial charge in [-0.3, -0.25) is 14.8 Å². The Morgan fingerprint density at radius 2 is 2.00 bits per heavy atom. The summed E-state index contributed by atoms with van der Waals surface area (Å²) in [5, 5.41) is 6.16. The van der Waals surface area contributed by atoms with Gasteiger partial charge in [0.1, 0.15) is 11.5 Å². The van der Waals surface area contributed by atoms with E-state index >= 15 is 0 Å². The molecule has 0 atom stereocenters. The van der Waals surface area contributed by atoms with E-state index in [9.17, 15) is 4.79 Å². The highest BCUT2D eigenvalue weighted by Crippen LogP contribution is 2.06. The number of pyridine rings is 1. The molecule has 0 aromatic carbocycles. The van der Waals surface area contributed by atoms with Gasteiger partial charge < -0.3 is 16.4 Å². The zero-order chi connectivity index (χ0) is 17.2. The van der Waals surface area contributed by atoms with Crippen LogP contribution in [0.2, 0.25) is 0 Å². The molecule has 6 heteroatoms. The first-order valence-corrected chi connectivity index (χ1v) is 7.53. The molecule has 124 valence electrons. The lowest BCUT2D eigenvalue weighted by Gasteiger charge is -2.16. The number of amides is 1. The van der Waals surface area contributed by atoms with Crippen molar-refractivity contribution < 1.29 is 4.79 Å². The first-order valence-electron chi connectivity index (χ1n) is 7.53. The normalized spacial score (nSPS) is 13.4. The number of aromatic nitrogens is 1. The van der Waals surface area contributed by atoms with Crippen LogP contribution in [0.1, 0.15) is 32.8 Å². The van der Waals surface area contributed by atoms with E-state index < -0.39 is 0 Å². The average Bonchev–Trinajstić information content (AvgIpc) is 2.59. The standard InChI is InChI=1S/C17H25N5O/c1-5-12(2)16(21-11-14-6-8-20-9-7-14)22-17(23)15(19-4)13(3)10-18/h6-10,21H,5,11,18H2,1-4H3,(H,22,23)/b13-10-,16-12?,19-15?. The third kappa shape index (κ3) is 5.58. The minimum absolute atomic E-state index is 0.281. The molecule has 0 fully saturated rings. The molecule has 0 unspecified atom stereocenters. The van der Waals surface area contributed by atoms with Gasteiger partial charge >= 0.3 is 0 Å². The van der Waals surface area contributed by atoms with Gasteiger partial charge in [0.2, 0.25) is 0 Å². The molecule has 1 aromatic rings. The lowest BCUT2D eigenvalue weighted by molar-refractivity contribution is -0.114. The molecule has 1 aromatic heterocycles. The number of nitrogens with one attached hydrogen (secondary N) is 2. The molecule has 4 N–H and O–H groups in total. The van der Waals surface area contributed by atoms with Crippen LogP contribution in [0, 0.1) is 0 Å². The number of nitrogens with two attached hydrogens (primary N) is 1. The first kappa shape index (κ1) is 18.4. The smallest absolute Gasteiger partial charge is 0.275 e. The number of carbonyl (C=O) groups excluding carboxylic acids is 1. The number of hydrogen-bond acceptors (Lipinski definition) is 5. The molecular weight excluding hydrogens is 290 g/mol. The van der Waals surface area contributed by atoms with Gasteiger partial charge in [-0.25, -0.2) is 0 Å². The summed E-state index contributed by atoms with van der Waals surface area (Å²) in [7, 11) is 1.57. The Labute approximate surface area is 137 Å². The van der Waals surface area contributed by atoms with Gasteiger partial charge in [0.15, 0.2) is 0 Å². The largest absolute Gasteiger partial charge is 0.404 e. The molecule has 6 nitrogen and oxygen atoms in total. The Morgan fingerprint density at radius 1 is 1.35 bits per heavy atom. The van der Waals surface area contributed by atoms with Crippen molar-refractivity contribution in [3.8, 4) is 0 Å². The third-order valence-corrected chi connectivity index (χ3v) is 3.48. The highest BCUT2D eigenvalue weighted by molar-refractivity contribution is 6.45. The SMILES string of the molecule is CCC(C)=C(NCc1ccncc1)NC(=O)C(=NC)/C(C)=C\N. The van der Waals surface area contributed by atoms with Gasteiger partial charge in [-0.05, 0) is 55.3 Å². The van der Waals surface area contributed by atoms with E-state index in [1.807, 2.05) is 26.0 Å². The summed E-state index contributed by atoms with van der Waals surface area (Å²) in [4.78, 5) is 20.4. The van der Waals surface area contributed by atoms with Gasteiger partial charge in [-0.1, -0.05) is 6.92 Å². The van der Waals surface area contributed by atoms with Crippen LogP contribution < -0.4 is 16.4 Å². The molecule has 1 rings (SSSR count). The quantitative estimate of drug-likeness (QED) is 0.670. The number of allylic oxidation sites excluding steroid dienone is 1. The fraction of sp³-hybridized carbons (Fsp3) is 0.353. The van der Waals surface area contributed by atoms with Gasteiger partial charge in [-0.2, -0.15) is 0 Å². The van der Waals surface area contributed by atoms with Crippen molar-refractivity contribution >= 4 is 11.6 Å². The number of hydrogen-bond donors (Lipinski definition) is 3. The van der Waals surface area contributed by atoms with Crippen molar-refractivity contribution in [3.63, 3.8) is 0 Å². The highest BCUT2D eigenvalue weighted by Gasteiger charge is 2.15. The van der Waals surface area contributed by atoms with Crippen LogP contribution in [0.3, 0.4) is 0 Å². The fourth-order valence-electron chi connectivity index (χ4n) is 1.88. The van der Waals surface area contributed by atoms with E-state index in [1.54, 1.807) is 26.4 Å². The number of nitrogens with zero attached hydrogens (tertiary/aromatic N) is 2. The summed E-state index contributed by atoms with van der Waals surface area (Å²) in [6.45, 7) is 6.36. The second-order valence-electron chi connectivity index (χ2n) is 5.09. The zero-order valence-electron chi connectivity index (χ0n) is 14.2. The summed E-state index contributed by atoms with van der Waals surface area (Å²) in [6, 6.07) is 3.85. The van der Waals surface area contributed by atoms with E-state index in [1.165, 1.54) is 6.20 Å². The van der Waals surface area contributed by atoms with Gasteiger partial charge in [0.05, 0.1) is 0 Å². The van der Waals surface area contributed by atoms with E-state index in [0.717, 1.165) is 17.6 Å². The van der Waals surface area contributed by atoms with Crippen LogP contribution in [0.25, 0.3) is 0 Å². The number of aliphatic imine (C=N–C) groups is 1. The Kier molecular flexibility index (Phi) is 7.53. The molecule has 0 radical (unpaired) electrons. The average molecular weight is 315 g/mol. The summed E-state index contributed by atoms with van der Waals surface area (Å²) >= 11 is 0. The summed E-state index contributed by atoms with van der Waals surface area (Å²) in [5.41, 5.74) is 8.57. The predicted molar refractivity (Wildman–Crippen MR) is 93.5 cm³/mol. The number of rotatable bonds is 7. The molecule has 23 heavy (non-hydrogen) atoms. The van der Waals surface area contributed by atoms with E-state index in [-0.39, 0.29) is 5.91 Å². The van der Waals surface area contributed by atoms with Crippen LogP contribution in [0.5, 0.6) is 0 Å². The van der Waals surface area contributed by atoms with Crippen molar-refractivity contribution in [3.05, 3.63) is 53.3 Å². The van der Waals surface area contributed by atoms with Crippen molar-refractivity contribution in [1.82, 2.24) is 15.6 Å².